The van der Waals surface area contributed by atoms with E-state index in [1.165, 1.54) is 6.07 Å². The molecule has 9 heteroatoms. The minimum absolute atomic E-state index is 0.0377. The van der Waals surface area contributed by atoms with Crippen LogP contribution in [0.15, 0.2) is 12.1 Å². The zero-order valence-corrected chi connectivity index (χ0v) is 12.4. The van der Waals surface area contributed by atoms with Crippen LogP contribution in [0.4, 0.5) is 19.0 Å². The van der Waals surface area contributed by atoms with Crippen LogP contribution in [0, 0.1) is 0 Å². The van der Waals surface area contributed by atoms with E-state index in [0.29, 0.717) is 18.9 Å². The topological polar surface area (TPSA) is 55.6 Å². The Kier molecular flexibility index (Phi) is 3.28. The molecule has 2 aromatic rings. The number of ether oxygens (including phenoxy) is 1. The van der Waals surface area contributed by atoms with Gasteiger partial charge in [-0.25, -0.2) is 0 Å². The lowest BCUT2D eigenvalue weighted by Gasteiger charge is -2.42. The van der Waals surface area contributed by atoms with E-state index in [9.17, 15) is 13.2 Å². The van der Waals surface area contributed by atoms with Crippen LogP contribution in [0.3, 0.4) is 0 Å². The second-order valence-corrected chi connectivity index (χ2v) is 6.05. The van der Waals surface area contributed by atoms with Crippen molar-refractivity contribution >= 4 is 11.5 Å². The molecule has 1 fully saturated rings. The third kappa shape index (κ3) is 2.72. The van der Waals surface area contributed by atoms with Gasteiger partial charge in [0, 0.05) is 13.1 Å². The van der Waals surface area contributed by atoms with E-state index in [1.54, 1.807) is 6.07 Å². The van der Waals surface area contributed by atoms with Crippen LogP contribution >= 0.6 is 0 Å². The number of alkyl halides is 3. The maximum absolute atomic E-state index is 12.9. The lowest BCUT2D eigenvalue weighted by molar-refractivity contribution is -0.146. The van der Waals surface area contributed by atoms with Crippen LogP contribution < -0.4 is 4.90 Å². The zero-order valence-electron chi connectivity index (χ0n) is 12.4. The SMILES string of the molecule is CC1CN(c2ccc3nnc(C(F)(F)F)n3n2)CC(C)(C)O1. The molecule has 0 aromatic carbocycles. The Bertz CT molecular complexity index is 697. The molecule has 120 valence electrons. The van der Waals surface area contributed by atoms with Crippen molar-refractivity contribution in [3.05, 3.63) is 18.0 Å². The second kappa shape index (κ2) is 4.80. The average molecular weight is 315 g/mol. The molecule has 0 bridgehead atoms. The van der Waals surface area contributed by atoms with Gasteiger partial charge in [0.25, 0.3) is 5.82 Å². The van der Waals surface area contributed by atoms with Gasteiger partial charge in [-0.3, -0.25) is 0 Å². The van der Waals surface area contributed by atoms with Crippen LogP contribution in [0.25, 0.3) is 5.65 Å². The number of aromatic nitrogens is 4. The van der Waals surface area contributed by atoms with Crippen LogP contribution in [0.2, 0.25) is 0 Å². The highest BCUT2D eigenvalue weighted by Crippen LogP contribution is 2.29. The summed E-state index contributed by atoms with van der Waals surface area (Å²) in [6, 6.07) is 3.13. The molecule has 22 heavy (non-hydrogen) atoms. The third-order valence-electron chi connectivity index (χ3n) is 3.40. The summed E-state index contributed by atoms with van der Waals surface area (Å²) in [5.41, 5.74) is -0.328. The Morgan fingerprint density at radius 1 is 1.27 bits per heavy atom. The highest BCUT2D eigenvalue weighted by molar-refractivity contribution is 5.46. The zero-order chi connectivity index (χ0) is 16.1. The Labute approximate surface area is 124 Å². The molecule has 1 unspecified atom stereocenters. The molecule has 0 saturated carbocycles. The van der Waals surface area contributed by atoms with Gasteiger partial charge in [-0.2, -0.15) is 17.7 Å². The largest absolute Gasteiger partial charge is 0.453 e. The van der Waals surface area contributed by atoms with E-state index in [2.05, 4.69) is 15.3 Å². The summed E-state index contributed by atoms with van der Waals surface area (Å²) in [6.45, 7) is 6.90. The first kappa shape index (κ1) is 15.0. The third-order valence-corrected chi connectivity index (χ3v) is 3.40. The first-order valence-electron chi connectivity index (χ1n) is 6.88. The van der Waals surface area contributed by atoms with E-state index >= 15 is 0 Å². The van der Waals surface area contributed by atoms with Crippen LogP contribution in [-0.2, 0) is 10.9 Å². The minimum Gasteiger partial charge on any atom is -0.369 e. The number of hydrogen-bond acceptors (Lipinski definition) is 5. The number of morpholine rings is 1. The van der Waals surface area contributed by atoms with Gasteiger partial charge in [-0.05, 0) is 32.9 Å². The number of nitrogens with zero attached hydrogens (tertiary/aromatic N) is 5. The molecule has 3 heterocycles. The molecule has 3 rings (SSSR count). The first-order valence-corrected chi connectivity index (χ1v) is 6.88. The number of halogens is 3. The number of rotatable bonds is 1. The summed E-state index contributed by atoms with van der Waals surface area (Å²) in [5, 5.41) is 10.7. The van der Waals surface area contributed by atoms with Crippen molar-refractivity contribution in [1.82, 2.24) is 19.8 Å². The molecule has 1 aliphatic heterocycles. The normalized spacial score (nSPS) is 22.3. The molecule has 0 aliphatic carbocycles. The van der Waals surface area contributed by atoms with Gasteiger partial charge in [0.15, 0.2) is 5.65 Å². The van der Waals surface area contributed by atoms with E-state index in [1.807, 2.05) is 25.7 Å². The fourth-order valence-corrected chi connectivity index (χ4v) is 2.75. The lowest BCUT2D eigenvalue weighted by atomic mass is 10.1. The summed E-state index contributed by atoms with van der Waals surface area (Å²) in [7, 11) is 0. The van der Waals surface area contributed by atoms with Crippen LogP contribution in [0.1, 0.15) is 26.6 Å². The van der Waals surface area contributed by atoms with Gasteiger partial charge in [0.05, 0.1) is 11.7 Å². The molecule has 6 nitrogen and oxygen atoms in total. The predicted octanol–water partition coefficient (Wildman–Crippen LogP) is 2.15. The van der Waals surface area contributed by atoms with Crippen molar-refractivity contribution in [3.8, 4) is 0 Å². The quantitative estimate of drug-likeness (QED) is 0.807. The van der Waals surface area contributed by atoms with Gasteiger partial charge in [0.1, 0.15) is 5.82 Å². The fraction of sp³-hybridized carbons (Fsp3) is 0.615. The van der Waals surface area contributed by atoms with Gasteiger partial charge in [0.2, 0.25) is 0 Å². The molecule has 0 amide bonds. The van der Waals surface area contributed by atoms with Crippen LogP contribution in [-0.4, -0.2) is 44.6 Å². The molecule has 1 aliphatic rings. The second-order valence-electron chi connectivity index (χ2n) is 6.05. The molecular weight excluding hydrogens is 299 g/mol. The highest BCUT2D eigenvalue weighted by Gasteiger charge is 2.38. The molecule has 0 spiro atoms. The summed E-state index contributed by atoms with van der Waals surface area (Å²) >= 11 is 0. The average Bonchev–Trinajstić information content (AvgIpc) is 2.78. The minimum atomic E-state index is -4.59. The summed E-state index contributed by atoms with van der Waals surface area (Å²) in [6.07, 6.45) is -4.63. The fourth-order valence-electron chi connectivity index (χ4n) is 2.75. The van der Waals surface area contributed by atoms with E-state index < -0.39 is 17.6 Å². The van der Waals surface area contributed by atoms with Gasteiger partial charge >= 0.3 is 6.18 Å². The lowest BCUT2D eigenvalue weighted by Crippen LogP contribution is -2.52. The van der Waals surface area contributed by atoms with Gasteiger partial charge in [-0.1, -0.05) is 0 Å². The highest BCUT2D eigenvalue weighted by atomic mass is 19.4. The first-order chi connectivity index (χ1) is 10.2. The van der Waals surface area contributed by atoms with Crippen molar-refractivity contribution in [2.45, 2.75) is 38.7 Å². The van der Waals surface area contributed by atoms with E-state index in [-0.39, 0.29) is 11.8 Å². The van der Waals surface area contributed by atoms with Crippen molar-refractivity contribution in [1.29, 1.82) is 0 Å². The standard InChI is InChI=1S/C13H16F3N5O/c1-8-6-20(7-12(2,3)22-8)10-5-4-9-17-18-11(13(14,15)16)21(9)19-10/h4-5,8H,6-7H2,1-3H3. The van der Waals surface area contributed by atoms with Gasteiger partial charge in [-0.15, -0.1) is 15.3 Å². The maximum Gasteiger partial charge on any atom is 0.453 e. The summed E-state index contributed by atoms with van der Waals surface area (Å²) in [4.78, 5) is 1.91. The summed E-state index contributed by atoms with van der Waals surface area (Å²) < 4.78 is 45.3. The monoisotopic (exact) mass is 315 g/mol. The van der Waals surface area contributed by atoms with Crippen molar-refractivity contribution in [3.63, 3.8) is 0 Å². The van der Waals surface area contributed by atoms with Crippen LogP contribution in [0.5, 0.6) is 0 Å². The molecule has 1 atom stereocenters. The molecule has 0 radical (unpaired) electrons. The summed E-state index contributed by atoms with van der Waals surface area (Å²) in [5.74, 6) is -0.675. The number of fused-ring (bicyclic) bond motifs is 1. The van der Waals surface area contributed by atoms with E-state index in [0.717, 1.165) is 4.52 Å². The van der Waals surface area contributed by atoms with Gasteiger partial charge < -0.3 is 9.64 Å². The smallest absolute Gasteiger partial charge is 0.369 e. The molecular formula is C13H16F3N5O. The Hall–Kier alpha value is -1.90. The number of hydrogen-bond donors (Lipinski definition) is 0. The van der Waals surface area contributed by atoms with E-state index in [4.69, 9.17) is 4.74 Å². The van der Waals surface area contributed by atoms with Crippen molar-refractivity contribution < 1.29 is 17.9 Å². The molecule has 1 saturated heterocycles. The maximum atomic E-state index is 12.9. The number of anilines is 1. The Morgan fingerprint density at radius 2 is 2.00 bits per heavy atom. The molecule has 0 N–H and O–H groups in total. The predicted molar refractivity (Wildman–Crippen MR) is 72.6 cm³/mol. The molecule has 2 aromatic heterocycles. The Morgan fingerprint density at radius 3 is 2.64 bits per heavy atom. The van der Waals surface area contributed by atoms with Crippen molar-refractivity contribution in [2.75, 3.05) is 18.0 Å². The van der Waals surface area contributed by atoms with Crippen molar-refractivity contribution in [2.24, 2.45) is 0 Å². The Balaban J connectivity index is 2.01.